The van der Waals surface area contributed by atoms with E-state index in [0.717, 1.165) is 43.1 Å². The van der Waals surface area contributed by atoms with Gasteiger partial charge in [0, 0.05) is 24.2 Å². The lowest BCUT2D eigenvalue weighted by Gasteiger charge is -2.34. The molecule has 0 aliphatic carbocycles. The summed E-state index contributed by atoms with van der Waals surface area (Å²) < 4.78 is 91.7. The molecule has 0 amide bonds. The minimum Gasteiger partial charge on any atom is -0.405 e. The number of anilines is 1. The van der Waals surface area contributed by atoms with Crippen LogP contribution >= 0.6 is 24.8 Å². The molecule has 2 aromatic carbocycles. The van der Waals surface area contributed by atoms with Crippen LogP contribution in [0.15, 0.2) is 48.5 Å². The molecule has 204 valence electrons. The fourth-order valence-corrected chi connectivity index (χ4v) is 6.99. The third kappa shape index (κ3) is 8.67. The predicted octanol–water partition coefficient (Wildman–Crippen LogP) is 3.74. The summed E-state index contributed by atoms with van der Waals surface area (Å²) in [5.74, 6) is -0.550. The molecule has 0 radical (unpaired) electrons. The maximum Gasteiger partial charge on any atom is 0.573 e. The molecule has 15 heteroatoms. The van der Waals surface area contributed by atoms with Gasteiger partial charge in [-0.05, 0) is 43.1 Å². The molecular formula is C21H28Cl2F3N3O5S2. The Morgan fingerprint density at radius 1 is 1.03 bits per heavy atom. The van der Waals surface area contributed by atoms with Crippen molar-refractivity contribution in [1.29, 1.82) is 0 Å². The number of nitrogens with one attached hydrogen (secondary N) is 2. The second kappa shape index (κ2) is 12.7. The van der Waals surface area contributed by atoms with Gasteiger partial charge in [0.15, 0.2) is 0 Å². The summed E-state index contributed by atoms with van der Waals surface area (Å²) >= 11 is 0. The summed E-state index contributed by atoms with van der Waals surface area (Å²) in [6, 6.07) is 12.3. The van der Waals surface area contributed by atoms with Gasteiger partial charge in [0.2, 0.25) is 20.0 Å². The third-order valence-electron chi connectivity index (χ3n) is 5.25. The first kappa shape index (κ1) is 32.3. The Morgan fingerprint density at radius 2 is 1.64 bits per heavy atom. The van der Waals surface area contributed by atoms with E-state index in [-0.39, 0.29) is 58.4 Å². The summed E-state index contributed by atoms with van der Waals surface area (Å²) in [7, 11) is -8.54. The van der Waals surface area contributed by atoms with Crippen LogP contribution in [0.5, 0.6) is 5.75 Å². The topological polar surface area (TPSA) is 105 Å². The molecule has 0 spiro atoms. The van der Waals surface area contributed by atoms with Crippen LogP contribution in [-0.4, -0.2) is 48.3 Å². The molecule has 2 atom stereocenters. The second-order valence-corrected chi connectivity index (χ2v) is 11.9. The van der Waals surface area contributed by atoms with Crippen LogP contribution in [0.3, 0.4) is 0 Å². The first-order valence-corrected chi connectivity index (χ1v) is 14.1. The van der Waals surface area contributed by atoms with Gasteiger partial charge < -0.3 is 15.4 Å². The van der Waals surface area contributed by atoms with E-state index in [1.807, 2.05) is 30.3 Å². The highest BCUT2D eigenvalue weighted by atomic mass is 35.5. The molecule has 1 heterocycles. The Hall–Kier alpha value is -1.77. The van der Waals surface area contributed by atoms with Gasteiger partial charge in [-0.25, -0.2) is 16.8 Å². The maximum atomic E-state index is 13.0. The van der Waals surface area contributed by atoms with E-state index in [4.69, 9.17) is 0 Å². The number of piperidine rings is 1. The molecule has 8 nitrogen and oxygen atoms in total. The minimum absolute atomic E-state index is 0. The van der Waals surface area contributed by atoms with Gasteiger partial charge in [-0.3, -0.25) is 0 Å². The maximum absolute atomic E-state index is 13.0. The zero-order valence-corrected chi connectivity index (χ0v) is 22.6. The largest absolute Gasteiger partial charge is 0.573 e. The quantitative estimate of drug-likeness (QED) is 0.480. The van der Waals surface area contributed by atoms with Gasteiger partial charge in [-0.2, -0.15) is 3.71 Å². The number of sulfonamides is 2. The van der Waals surface area contributed by atoms with Gasteiger partial charge in [0.05, 0.1) is 18.2 Å². The number of hydrogen-bond acceptors (Lipinski definition) is 7. The molecule has 36 heavy (non-hydrogen) atoms. The average Bonchev–Trinajstić information content (AvgIpc) is 2.71. The molecule has 0 bridgehead atoms. The number of ether oxygens (including phenoxy) is 1. The number of halogens is 5. The Balaban J connectivity index is 0.00000324. The molecule has 0 saturated carbocycles. The standard InChI is InChI=1S/C21H26F3N3O5S2.2ClH/c1-33(28,29)27(34(2,30)31)17-10-11-19(32-21(22,23)24)16(13-17)14-26-18-9-6-12-25-20(18)15-7-4-3-5-8-15;;/h3-5,7-8,10-11,13,18,20,25-26H,6,9,12,14H2,1-2H3;2*1H. The van der Waals surface area contributed by atoms with E-state index in [0.29, 0.717) is 12.5 Å². The number of benzene rings is 2. The zero-order valence-electron chi connectivity index (χ0n) is 19.4. The zero-order chi connectivity index (χ0) is 25.1. The first-order chi connectivity index (χ1) is 15.8. The van der Waals surface area contributed by atoms with E-state index < -0.39 is 32.2 Å². The molecule has 2 unspecified atom stereocenters. The normalized spacial score (nSPS) is 18.5. The van der Waals surface area contributed by atoms with Crippen LogP contribution < -0.4 is 19.1 Å². The molecule has 2 N–H and O–H groups in total. The highest BCUT2D eigenvalue weighted by Gasteiger charge is 2.34. The predicted molar refractivity (Wildman–Crippen MR) is 137 cm³/mol. The highest BCUT2D eigenvalue weighted by Crippen LogP contribution is 2.32. The molecular weight excluding hydrogens is 566 g/mol. The lowest BCUT2D eigenvalue weighted by Crippen LogP contribution is -2.45. The third-order valence-corrected chi connectivity index (χ3v) is 8.51. The van der Waals surface area contributed by atoms with E-state index in [9.17, 15) is 30.0 Å². The molecule has 0 aromatic heterocycles. The summed E-state index contributed by atoms with van der Waals surface area (Å²) in [5, 5.41) is 6.63. The van der Waals surface area contributed by atoms with Crippen molar-refractivity contribution in [3.05, 3.63) is 59.7 Å². The monoisotopic (exact) mass is 593 g/mol. The van der Waals surface area contributed by atoms with Crippen LogP contribution in [-0.2, 0) is 26.6 Å². The van der Waals surface area contributed by atoms with Crippen LogP contribution in [0.25, 0.3) is 0 Å². The fraction of sp³-hybridized carbons (Fsp3) is 0.429. The smallest absolute Gasteiger partial charge is 0.405 e. The molecule has 1 aliphatic rings. The number of nitrogens with zero attached hydrogens (tertiary/aromatic N) is 1. The van der Waals surface area contributed by atoms with E-state index in [1.165, 1.54) is 0 Å². The van der Waals surface area contributed by atoms with Crippen LogP contribution in [0.2, 0.25) is 0 Å². The Morgan fingerprint density at radius 3 is 2.19 bits per heavy atom. The van der Waals surface area contributed by atoms with Crippen molar-refractivity contribution in [3.63, 3.8) is 0 Å². The molecule has 2 aromatic rings. The number of hydrogen-bond donors (Lipinski definition) is 2. The van der Waals surface area contributed by atoms with Crippen molar-refractivity contribution in [2.45, 2.75) is 37.8 Å². The van der Waals surface area contributed by atoms with E-state index >= 15 is 0 Å². The SMILES string of the molecule is CS(=O)(=O)N(c1ccc(OC(F)(F)F)c(CNC2CCCNC2c2ccccc2)c1)S(C)(=O)=O.Cl.Cl. The minimum atomic E-state index is -4.98. The van der Waals surface area contributed by atoms with Crippen molar-refractivity contribution < 1.29 is 34.7 Å². The molecule has 1 saturated heterocycles. The first-order valence-electron chi connectivity index (χ1n) is 10.4. The van der Waals surface area contributed by atoms with Crippen LogP contribution in [0.4, 0.5) is 18.9 Å². The van der Waals surface area contributed by atoms with Crippen molar-refractivity contribution >= 4 is 50.5 Å². The van der Waals surface area contributed by atoms with Gasteiger partial charge in [-0.1, -0.05) is 30.3 Å². The van der Waals surface area contributed by atoms with Gasteiger partial charge in [-0.15, -0.1) is 38.0 Å². The molecule has 1 aliphatic heterocycles. The van der Waals surface area contributed by atoms with Crippen molar-refractivity contribution in [1.82, 2.24) is 10.6 Å². The van der Waals surface area contributed by atoms with E-state index in [2.05, 4.69) is 15.4 Å². The average molecular weight is 595 g/mol. The van der Waals surface area contributed by atoms with Crippen LogP contribution in [0, 0.1) is 0 Å². The second-order valence-electron chi connectivity index (χ2n) is 8.04. The van der Waals surface area contributed by atoms with Crippen molar-refractivity contribution in [2.75, 3.05) is 22.8 Å². The molecule has 3 rings (SSSR count). The fourth-order valence-electron chi connectivity index (χ4n) is 4.03. The highest BCUT2D eigenvalue weighted by molar-refractivity contribution is 8.09. The van der Waals surface area contributed by atoms with Crippen LogP contribution in [0.1, 0.15) is 30.0 Å². The number of rotatable bonds is 8. The summed E-state index contributed by atoms with van der Waals surface area (Å²) in [4.78, 5) is 0. The summed E-state index contributed by atoms with van der Waals surface area (Å²) in [6.45, 7) is 0.670. The Kier molecular flexibility index (Phi) is 11.3. The van der Waals surface area contributed by atoms with Crippen molar-refractivity contribution in [2.24, 2.45) is 0 Å². The Labute approximate surface area is 221 Å². The lowest BCUT2D eigenvalue weighted by molar-refractivity contribution is -0.274. The summed E-state index contributed by atoms with van der Waals surface area (Å²) in [5.41, 5.74) is 0.669. The lowest BCUT2D eigenvalue weighted by atomic mass is 9.92. The van der Waals surface area contributed by atoms with Gasteiger partial charge in [0.25, 0.3) is 0 Å². The molecule has 1 fully saturated rings. The summed E-state index contributed by atoms with van der Waals surface area (Å²) in [6.07, 6.45) is -1.99. The number of alkyl halides is 3. The van der Waals surface area contributed by atoms with Crippen molar-refractivity contribution in [3.8, 4) is 5.75 Å². The Bertz CT molecular complexity index is 1190. The van der Waals surface area contributed by atoms with Gasteiger partial charge in [0.1, 0.15) is 5.75 Å². The van der Waals surface area contributed by atoms with E-state index in [1.54, 1.807) is 0 Å². The van der Waals surface area contributed by atoms with Gasteiger partial charge >= 0.3 is 6.36 Å².